The van der Waals surface area contributed by atoms with Gasteiger partial charge in [-0.15, -0.1) is 0 Å². The van der Waals surface area contributed by atoms with E-state index in [0.29, 0.717) is 36.1 Å². The lowest BCUT2D eigenvalue weighted by atomic mass is 9.97. The second-order valence-electron chi connectivity index (χ2n) is 5.85. The first-order valence-electron chi connectivity index (χ1n) is 7.79. The van der Waals surface area contributed by atoms with Crippen molar-refractivity contribution >= 4 is 17.2 Å². The van der Waals surface area contributed by atoms with Crippen molar-refractivity contribution in [2.24, 2.45) is 0 Å². The van der Waals surface area contributed by atoms with Gasteiger partial charge in [0, 0.05) is 24.0 Å². The van der Waals surface area contributed by atoms with Crippen LogP contribution in [0.3, 0.4) is 0 Å². The summed E-state index contributed by atoms with van der Waals surface area (Å²) in [5.41, 5.74) is 1.47. The lowest BCUT2D eigenvalue weighted by Crippen LogP contribution is -2.39. The molecular formula is C16H16N4O3S. The Morgan fingerprint density at radius 3 is 3.08 bits per heavy atom. The molecule has 0 bridgehead atoms. The summed E-state index contributed by atoms with van der Waals surface area (Å²) < 4.78 is 10.4. The zero-order valence-corrected chi connectivity index (χ0v) is 14.0. The largest absolute Gasteiger partial charge is 0.361 e. The second kappa shape index (κ2) is 6.20. The van der Waals surface area contributed by atoms with Crippen LogP contribution in [0.4, 0.5) is 0 Å². The predicted molar refractivity (Wildman–Crippen MR) is 86.7 cm³/mol. The summed E-state index contributed by atoms with van der Waals surface area (Å²) in [5, 5.41) is 11.7. The number of hydrogen-bond acceptors (Lipinski definition) is 7. The highest BCUT2D eigenvalue weighted by Gasteiger charge is 2.30. The van der Waals surface area contributed by atoms with E-state index in [1.165, 1.54) is 6.20 Å². The molecule has 0 aromatic carbocycles. The number of nitrogens with zero attached hydrogens (tertiary/aromatic N) is 4. The first-order chi connectivity index (χ1) is 11.7. The summed E-state index contributed by atoms with van der Waals surface area (Å²) in [7, 11) is 0. The highest BCUT2D eigenvalue weighted by atomic mass is 32.1. The van der Waals surface area contributed by atoms with Crippen LogP contribution in [0.2, 0.25) is 0 Å². The summed E-state index contributed by atoms with van der Waals surface area (Å²) in [6.45, 7) is 3.02. The maximum Gasteiger partial charge on any atom is 0.259 e. The van der Waals surface area contributed by atoms with Crippen LogP contribution in [0.1, 0.15) is 40.8 Å². The molecule has 8 heteroatoms. The van der Waals surface area contributed by atoms with Crippen molar-refractivity contribution in [2.75, 3.05) is 13.1 Å². The number of hydrogen-bond donors (Lipinski definition) is 0. The quantitative estimate of drug-likeness (QED) is 0.726. The van der Waals surface area contributed by atoms with Crippen molar-refractivity contribution in [3.05, 3.63) is 40.2 Å². The second-order valence-corrected chi connectivity index (χ2v) is 6.63. The molecule has 1 amide bonds. The Kier molecular flexibility index (Phi) is 3.89. The molecule has 4 rings (SSSR count). The topological polar surface area (TPSA) is 85.3 Å². The van der Waals surface area contributed by atoms with Gasteiger partial charge in [0.15, 0.2) is 0 Å². The molecule has 0 unspecified atom stereocenters. The van der Waals surface area contributed by atoms with Crippen molar-refractivity contribution in [3.63, 3.8) is 0 Å². The van der Waals surface area contributed by atoms with Gasteiger partial charge in [-0.3, -0.25) is 4.79 Å². The number of thiophene rings is 1. The predicted octanol–water partition coefficient (Wildman–Crippen LogP) is 3.11. The van der Waals surface area contributed by atoms with Crippen LogP contribution in [0.25, 0.3) is 11.4 Å². The number of likely N-dealkylation sites (tertiary alicyclic amines) is 1. The molecule has 7 nitrogen and oxygen atoms in total. The summed E-state index contributed by atoms with van der Waals surface area (Å²) in [6.07, 6.45) is 3.30. The van der Waals surface area contributed by atoms with E-state index >= 15 is 0 Å². The Hall–Kier alpha value is -2.48. The minimum atomic E-state index is -0.0592. The fraction of sp³-hybridized carbons (Fsp3) is 0.375. The van der Waals surface area contributed by atoms with E-state index in [2.05, 4.69) is 15.3 Å². The Labute approximate surface area is 142 Å². The fourth-order valence-corrected chi connectivity index (χ4v) is 3.58. The van der Waals surface area contributed by atoms with Gasteiger partial charge in [0.25, 0.3) is 5.91 Å². The van der Waals surface area contributed by atoms with Crippen molar-refractivity contribution in [3.8, 4) is 11.4 Å². The van der Waals surface area contributed by atoms with E-state index in [4.69, 9.17) is 9.05 Å². The van der Waals surface area contributed by atoms with Crippen molar-refractivity contribution in [1.82, 2.24) is 20.2 Å². The minimum absolute atomic E-state index is 0.0581. The first kappa shape index (κ1) is 15.1. The molecule has 0 radical (unpaired) electrons. The van der Waals surface area contributed by atoms with E-state index in [1.807, 2.05) is 21.7 Å². The van der Waals surface area contributed by atoms with Crippen LogP contribution in [0.15, 0.2) is 32.1 Å². The molecule has 24 heavy (non-hydrogen) atoms. The zero-order chi connectivity index (χ0) is 16.5. The summed E-state index contributed by atoms with van der Waals surface area (Å²) in [5.74, 6) is 1.73. The van der Waals surface area contributed by atoms with Gasteiger partial charge in [0.2, 0.25) is 11.7 Å². The molecule has 3 aromatic rings. The van der Waals surface area contributed by atoms with E-state index < -0.39 is 0 Å². The smallest absolute Gasteiger partial charge is 0.259 e. The molecule has 4 heterocycles. The van der Waals surface area contributed by atoms with E-state index in [9.17, 15) is 4.79 Å². The number of aromatic nitrogens is 3. The third-order valence-electron chi connectivity index (χ3n) is 4.26. The number of aryl methyl sites for hydroxylation is 1. The van der Waals surface area contributed by atoms with Crippen molar-refractivity contribution < 1.29 is 13.8 Å². The normalized spacial score (nSPS) is 18.0. The number of amides is 1. The van der Waals surface area contributed by atoms with Crippen LogP contribution in [0.5, 0.6) is 0 Å². The molecule has 0 aliphatic carbocycles. The fourth-order valence-electron chi connectivity index (χ4n) is 2.95. The summed E-state index contributed by atoms with van der Waals surface area (Å²) >= 11 is 1.59. The van der Waals surface area contributed by atoms with Gasteiger partial charge in [0.05, 0.1) is 12.1 Å². The SMILES string of the molecule is Cc1oncc1C(=O)N1CCC[C@H](c2nc(-c3ccsc3)no2)C1. The molecule has 124 valence electrons. The van der Waals surface area contributed by atoms with Crippen LogP contribution in [-0.4, -0.2) is 39.2 Å². The van der Waals surface area contributed by atoms with Crippen molar-refractivity contribution in [2.45, 2.75) is 25.7 Å². The third-order valence-corrected chi connectivity index (χ3v) is 4.94. The molecule has 0 saturated carbocycles. The summed E-state index contributed by atoms with van der Waals surface area (Å²) in [6, 6.07) is 1.96. The minimum Gasteiger partial charge on any atom is -0.361 e. The molecular weight excluding hydrogens is 328 g/mol. The molecule has 1 saturated heterocycles. The first-order valence-corrected chi connectivity index (χ1v) is 8.73. The Morgan fingerprint density at radius 1 is 1.42 bits per heavy atom. The summed E-state index contributed by atoms with van der Waals surface area (Å²) in [4.78, 5) is 18.9. The number of carbonyl (C=O) groups is 1. The van der Waals surface area contributed by atoms with Crippen LogP contribution < -0.4 is 0 Å². The van der Waals surface area contributed by atoms with Gasteiger partial charge in [0.1, 0.15) is 11.3 Å². The van der Waals surface area contributed by atoms with Gasteiger partial charge in [-0.1, -0.05) is 10.3 Å². The molecule has 0 N–H and O–H groups in total. The lowest BCUT2D eigenvalue weighted by Gasteiger charge is -2.30. The van der Waals surface area contributed by atoms with Crippen LogP contribution in [-0.2, 0) is 0 Å². The lowest BCUT2D eigenvalue weighted by molar-refractivity contribution is 0.0694. The monoisotopic (exact) mass is 344 g/mol. The maximum absolute atomic E-state index is 12.6. The average Bonchev–Trinajstić information content (AvgIpc) is 3.35. The maximum atomic E-state index is 12.6. The average molecular weight is 344 g/mol. The Morgan fingerprint density at radius 2 is 2.33 bits per heavy atom. The number of carbonyl (C=O) groups excluding carboxylic acids is 1. The molecule has 1 atom stereocenters. The molecule has 3 aromatic heterocycles. The number of piperidine rings is 1. The highest BCUT2D eigenvalue weighted by Crippen LogP contribution is 2.29. The van der Waals surface area contributed by atoms with E-state index in [-0.39, 0.29) is 11.8 Å². The number of rotatable bonds is 3. The highest BCUT2D eigenvalue weighted by molar-refractivity contribution is 7.08. The molecule has 1 aliphatic rings. The van der Waals surface area contributed by atoms with Gasteiger partial charge in [-0.05, 0) is 31.2 Å². The Balaban J connectivity index is 1.51. The van der Waals surface area contributed by atoms with Gasteiger partial charge >= 0.3 is 0 Å². The standard InChI is InChI=1S/C16H16N4O3S/c1-10-13(7-17-22-10)16(21)20-5-2-3-11(8-20)15-18-14(19-23-15)12-4-6-24-9-12/h4,6-7,9,11H,2-3,5,8H2,1H3/t11-/m0/s1. The zero-order valence-electron chi connectivity index (χ0n) is 13.1. The Bertz CT molecular complexity index is 839. The van der Waals surface area contributed by atoms with E-state index in [0.717, 1.165) is 18.4 Å². The van der Waals surface area contributed by atoms with Gasteiger partial charge < -0.3 is 13.9 Å². The molecule has 1 aliphatic heterocycles. The molecule has 0 spiro atoms. The van der Waals surface area contributed by atoms with Crippen LogP contribution in [0, 0.1) is 6.92 Å². The third kappa shape index (κ3) is 2.73. The van der Waals surface area contributed by atoms with Crippen LogP contribution >= 0.6 is 11.3 Å². The van der Waals surface area contributed by atoms with Gasteiger partial charge in [-0.25, -0.2) is 0 Å². The van der Waals surface area contributed by atoms with Crippen molar-refractivity contribution in [1.29, 1.82) is 0 Å². The van der Waals surface area contributed by atoms with E-state index in [1.54, 1.807) is 18.3 Å². The van der Waals surface area contributed by atoms with Gasteiger partial charge in [-0.2, -0.15) is 16.3 Å². The molecule has 1 fully saturated rings.